The van der Waals surface area contributed by atoms with E-state index in [1.807, 2.05) is 60.7 Å². The van der Waals surface area contributed by atoms with Crippen LogP contribution >= 0.6 is 0 Å². The van der Waals surface area contributed by atoms with Gasteiger partial charge in [-0.3, -0.25) is 0 Å². The number of aromatic hydroxyl groups is 2. The monoisotopic (exact) mass is 1120 g/mol. The molecule has 0 fully saturated rings. The second kappa shape index (κ2) is 28.8. The Morgan fingerprint density at radius 1 is 0.293 bits per heavy atom. The number of methoxy groups -OCH3 is 4. The second-order valence-corrected chi connectivity index (χ2v) is 19.6. The molecule has 8 aromatic carbocycles. The third kappa shape index (κ3) is 13.1. The van der Waals surface area contributed by atoms with Gasteiger partial charge in [0.1, 0.15) is 23.0 Å². The van der Waals surface area contributed by atoms with Gasteiger partial charge in [0.25, 0.3) is 0 Å². The van der Waals surface area contributed by atoms with Gasteiger partial charge in [-0.1, -0.05) is 72.8 Å². The number of rotatable bonds is 8. The summed E-state index contributed by atoms with van der Waals surface area (Å²) in [4.78, 5) is 0. The van der Waals surface area contributed by atoms with Gasteiger partial charge in [0.15, 0.2) is 11.5 Å². The van der Waals surface area contributed by atoms with E-state index in [0.29, 0.717) is 151 Å². The van der Waals surface area contributed by atoms with Gasteiger partial charge in [-0.05, 0) is 79.8 Å². The minimum Gasteiger partial charge on any atom is -0.507 e. The van der Waals surface area contributed by atoms with Crippen LogP contribution in [0.4, 0.5) is 0 Å². The SMILES string of the molecule is COc1c(-c2cc3c(O)c(c2)COCCOCCOCCOCCOC3)cc2ccccc2c1-c1c(OC)c(OC)c(-c2c(OC)c(-c3cc4c(O)c(c3)COCCOCCOCCOCCOC4)cc3ccccc23)c2ccccc12. The summed E-state index contributed by atoms with van der Waals surface area (Å²) in [6, 6.07) is 36.6. The zero-order valence-electron chi connectivity index (χ0n) is 47.1. The van der Waals surface area contributed by atoms with Gasteiger partial charge >= 0.3 is 0 Å². The molecule has 10 rings (SSSR count). The summed E-state index contributed by atoms with van der Waals surface area (Å²) in [5.74, 6) is 2.25. The molecular weight excluding hydrogens is 1050 g/mol. The van der Waals surface area contributed by atoms with Crippen molar-refractivity contribution in [3.05, 3.63) is 131 Å². The van der Waals surface area contributed by atoms with Crippen molar-refractivity contribution in [3.63, 3.8) is 0 Å². The molecule has 0 aromatic heterocycles. The molecule has 0 amide bonds. The highest BCUT2D eigenvalue weighted by Crippen LogP contribution is 2.58. The molecule has 8 aromatic rings. The number of benzene rings is 8. The van der Waals surface area contributed by atoms with Crippen molar-refractivity contribution < 1.29 is 76.5 Å². The average molecular weight is 1120 g/mol. The molecule has 82 heavy (non-hydrogen) atoms. The Balaban J connectivity index is 1.16. The highest BCUT2D eigenvalue weighted by molar-refractivity contribution is 6.20. The van der Waals surface area contributed by atoms with Crippen LogP contribution in [0.25, 0.3) is 76.8 Å². The summed E-state index contributed by atoms with van der Waals surface area (Å²) in [6.45, 7) is 6.68. The zero-order valence-corrected chi connectivity index (χ0v) is 47.1. The van der Waals surface area contributed by atoms with Crippen LogP contribution in [0.15, 0.2) is 109 Å². The fourth-order valence-corrected chi connectivity index (χ4v) is 10.8. The topological polar surface area (TPSA) is 170 Å². The first kappa shape index (κ1) is 58.1. The lowest BCUT2D eigenvalue weighted by Crippen LogP contribution is -2.13. The van der Waals surface area contributed by atoms with Crippen molar-refractivity contribution >= 4 is 32.3 Å². The van der Waals surface area contributed by atoms with Crippen LogP contribution in [0.5, 0.6) is 34.5 Å². The van der Waals surface area contributed by atoms with Crippen LogP contribution < -0.4 is 18.9 Å². The molecule has 0 unspecified atom stereocenters. The van der Waals surface area contributed by atoms with Crippen molar-refractivity contribution in [2.45, 2.75) is 26.4 Å². The largest absolute Gasteiger partial charge is 0.507 e. The first-order valence-corrected chi connectivity index (χ1v) is 27.8. The first-order chi connectivity index (χ1) is 40.4. The Morgan fingerprint density at radius 2 is 0.537 bits per heavy atom. The minimum atomic E-state index is 0.0878. The smallest absolute Gasteiger partial charge is 0.169 e. The number of fused-ring (bicyclic) bond motifs is 7. The van der Waals surface area contributed by atoms with E-state index in [-0.39, 0.29) is 37.9 Å². The molecule has 4 bridgehead atoms. The number of hydrogen-bond donors (Lipinski definition) is 2. The normalized spacial score (nSPS) is 16.4. The fourth-order valence-electron chi connectivity index (χ4n) is 10.8. The third-order valence-electron chi connectivity index (χ3n) is 14.6. The van der Waals surface area contributed by atoms with Gasteiger partial charge in [-0.15, -0.1) is 0 Å². The van der Waals surface area contributed by atoms with Gasteiger partial charge in [0, 0.05) is 55.6 Å². The van der Waals surface area contributed by atoms with Gasteiger partial charge in [0.2, 0.25) is 0 Å². The van der Waals surface area contributed by atoms with Gasteiger partial charge in [-0.2, -0.15) is 0 Å². The standard InChI is InChI=1S/C66H72O16/c1-69-63-55(45-33-47-39-79-29-25-75-21-17-73-18-22-76-26-30-80-40-48(34-45)61(47)67)37-43-11-5-7-13-51(43)57(63)59-53-15-9-10-16-54(53)60(66(72-4)65(59)71-3)58-52-14-8-6-12-44(52)38-56(64(58)70-2)46-35-49-41-81-31-27-77-23-19-74-20-24-78-28-32-82-42-50(36-46)62(49)68/h5-16,33-38,67-68H,17-32,39-42H2,1-4H3. The van der Waals surface area contributed by atoms with E-state index in [0.717, 1.165) is 76.8 Å². The Hall–Kier alpha value is -7.06. The summed E-state index contributed by atoms with van der Waals surface area (Å²) >= 11 is 0. The number of hydrogen-bond acceptors (Lipinski definition) is 16. The molecule has 2 aliphatic rings. The van der Waals surface area contributed by atoms with Crippen LogP contribution in [0.2, 0.25) is 0 Å². The van der Waals surface area contributed by atoms with Crippen LogP contribution in [-0.4, -0.2) is 144 Å². The lowest BCUT2D eigenvalue weighted by Gasteiger charge is -2.26. The Kier molecular flexibility index (Phi) is 20.4. The molecular formula is C66H72O16. The summed E-state index contributed by atoms with van der Waals surface area (Å²) in [7, 11) is 6.66. The van der Waals surface area contributed by atoms with E-state index >= 15 is 0 Å². The molecule has 0 aliphatic carbocycles. The van der Waals surface area contributed by atoms with Crippen LogP contribution in [0, 0.1) is 0 Å². The molecule has 16 nitrogen and oxygen atoms in total. The quantitative estimate of drug-likeness (QED) is 0.147. The molecule has 16 heteroatoms. The van der Waals surface area contributed by atoms with E-state index in [9.17, 15) is 10.2 Å². The van der Waals surface area contributed by atoms with Crippen molar-refractivity contribution in [2.24, 2.45) is 0 Å². The van der Waals surface area contributed by atoms with Crippen LogP contribution in [0.1, 0.15) is 22.3 Å². The average Bonchev–Trinajstić information content (AvgIpc) is 1.32. The summed E-state index contributed by atoms with van der Waals surface area (Å²) in [6.07, 6.45) is 0. The van der Waals surface area contributed by atoms with Gasteiger partial charge in [0.05, 0.1) is 161 Å². The molecule has 0 saturated carbocycles. The Morgan fingerprint density at radius 3 is 0.817 bits per heavy atom. The maximum Gasteiger partial charge on any atom is 0.169 e. The molecule has 0 atom stereocenters. The number of phenols is 2. The predicted molar refractivity (Wildman–Crippen MR) is 314 cm³/mol. The van der Waals surface area contributed by atoms with Gasteiger partial charge < -0.3 is 76.5 Å². The molecule has 0 saturated heterocycles. The lowest BCUT2D eigenvalue weighted by atomic mass is 9.83. The Labute approximate surface area is 478 Å². The van der Waals surface area contributed by atoms with E-state index in [1.54, 1.807) is 28.4 Å². The summed E-state index contributed by atoms with van der Waals surface area (Å²) < 4.78 is 85.3. The molecule has 2 N–H and O–H groups in total. The van der Waals surface area contributed by atoms with Gasteiger partial charge in [-0.25, -0.2) is 0 Å². The third-order valence-corrected chi connectivity index (χ3v) is 14.6. The van der Waals surface area contributed by atoms with E-state index in [1.165, 1.54) is 0 Å². The first-order valence-electron chi connectivity index (χ1n) is 27.8. The molecule has 432 valence electrons. The zero-order chi connectivity index (χ0) is 56.6. The predicted octanol–water partition coefficient (Wildman–Crippen LogP) is 11.5. The fraction of sp³-hybridized carbons (Fsp3) is 0.364. The van der Waals surface area contributed by atoms with E-state index < -0.39 is 0 Å². The highest BCUT2D eigenvalue weighted by Gasteiger charge is 2.31. The lowest BCUT2D eigenvalue weighted by molar-refractivity contribution is -0.0147. The highest BCUT2D eigenvalue weighted by atomic mass is 16.6. The maximum atomic E-state index is 11.8. The van der Waals surface area contributed by atoms with Crippen molar-refractivity contribution in [1.29, 1.82) is 0 Å². The van der Waals surface area contributed by atoms with E-state index in [4.69, 9.17) is 66.3 Å². The van der Waals surface area contributed by atoms with Crippen molar-refractivity contribution in [3.8, 4) is 79.0 Å². The number of ether oxygens (including phenoxy) is 14. The van der Waals surface area contributed by atoms with Crippen molar-refractivity contribution in [2.75, 3.05) is 134 Å². The summed E-state index contributed by atoms with van der Waals surface area (Å²) in [5, 5.41) is 29.0. The molecule has 2 heterocycles. The summed E-state index contributed by atoms with van der Waals surface area (Å²) in [5.41, 5.74) is 8.43. The second-order valence-electron chi connectivity index (χ2n) is 19.6. The molecule has 0 radical (unpaired) electrons. The maximum absolute atomic E-state index is 11.8. The number of phenolic OH excluding ortho intramolecular Hbond substituents is 2. The molecule has 2 aliphatic heterocycles. The molecule has 0 spiro atoms. The van der Waals surface area contributed by atoms with Crippen molar-refractivity contribution in [1.82, 2.24) is 0 Å². The van der Waals surface area contributed by atoms with E-state index in [2.05, 4.69) is 48.5 Å². The Bertz CT molecular complexity index is 3150. The van der Waals surface area contributed by atoms with Crippen LogP contribution in [-0.2, 0) is 73.8 Å². The minimum absolute atomic E-state index is 0.0878. The van der Waals surface area contributed by atoms with Crippen LogP contribution in [0.3, 0.4) is 0 Å².